The first-order valence-electron chi connectivity index (χ1n) is 7.03. The molecule has 5 heteroatoms. The smallest absolute Gasteiger partial charge is 0.244 e. The Morgan fingerprint density at radius 1 is 1.27 bits per heavy atom. The van der Waals surface area contributed by atoms with Gasteiger partial charge in [-0.2, -0.15) is 0 Å². The summed E-state index contributed by atoms with van der Waals surface area (Å²) >= 11 is 1.48. The monoisotopic (exact) mass is 317 g/mol. The highest BCUT2D eigenvalue weighted by molar-refractivity contribution is 8.01. The minimum Gasteiger partial charge on any atom is -0.468 e. The zero-order valence-corrected chi connectivity index (χ0v) is 13.0. The maximum atomic E-state index is 11.8. The second-order valence-electron chi connectivity index (χ2n) is 4.77. The number of aliphatic hydroxyl groups excluding tert-OH is 1. The summed E-state index contributed by atoms with van der Waals surface area (Å²) in [5.74, 6) is 1.35. The maximum Gasteiger partial charge on any atom is 0.244 e. The normalized spacial score (nSPS) is 12.4. The first kappa shape index (κ1) is 16.4. The summed E-state index contributed by atoms with van der Waals surface area (Å²) < 4.78 is 5.20. The predicted molar refractivity (Wildman–Crippen MR) is 88.3 cm³/mol. The average molecular weight is 317 g/mol. The van der Waals surface area contributed by atoms with Crippen molar-refractivity contribution in [2.24, 2.45) is 0 Å². The van der Waals surface area contributed by atoms with E-state index < -0.39 is 0 Å². The number of carbonyl (C=O) groups excluding carboxylic acids is 1. The van der Waals surface area contributed by atoms with Crippen molar-refractivity contribution in [3.8, 4) is 0 Å². The number of aliphatic hydroxyl groups is 1. The number of furan rings is 1. The van der Waals surface area contributed by atoms with Gasteiger partial charge in [-0.1, -0.05) is 30.3 Å². The molecular weight excluding hydrogens is 298 g/mol. The number of hydrogen-bond donors (Lipinski definition) is 2. The van der Waals surface area contributed by atoms with E-state index in [-0.39, 0.29) is 18.6 Å². The SMILES string of the molecule is O=C(/C=C/SCc1ccco1)NC(CO)Cc1ccccc1. The Labute approximate surface area is 134 Å². The van der Waals surface area contributed by atoms with E-state index in [0.29, 0.717) is 12.2 Å². The third kappa shape index (κ3) is 5.79. The van der Waals surface area contributed by atoms with Gasteiger partial charge in [0.1, 0.15) is 5.76 Å². The Hall–Kier alpha value is -1.98. The lowest BCUT2D eigenvalue weighted by molar-refractivity contribution is -0.117. The summed E-state index contributed by atoms with van der Waals surface area (Å²) in [6.07, 6.45) is 3.71. The molecule has 4 nitrogen and oxygen atoms in total. The van der Waals surface area contributed by atoms with Gasteiger partial charge in [0, 0.05) is 6.08 Å². The molecule has 1 amide bonds. The number of hydrogen-bond acceptors (Lipinski definition) is 4. The Morgan fingerprint density at radius 3 is 2.77 bits per heavy atom. The zero-order valence-electron chi connectivity index (χ0n) is 12.1. The third-order valence-corrected chi connectivity index (χ3v) is 3.79. The van der Waals surface area contributed by atoms with Gasteiger partial charge >= 0.3 is 0 Å². The standard InChI is InChI=1S/C17H19NO3S/c19-12-15(11-14-5-2-1-3-6-14)18-17(20)8-10-22-13-16-7-4-9-21-16/h1-10,15,19H,11-13H2,(H,18,20)/b10-8+. The molecule has 2 N–H and O–H groups in total. The number of thioether (sulfide) groups is 1. The van der Waals surface area contributed by atoms with Crippen LogP contribution in [0.5, 0.6) is 0 Å². The van der Waals surface area contributed by atoms with E-state index in [4.69, 9.17) is 4.42 Å². The van der Waals surface area contributed by atoms with Gasteiger partial charge in [0.25, 0.3) is 0 Å². The number of carbonyl (C=O) groups is 1. The van der Waals surface area contributed by atoms with Gasteiger partial charge in [-0.3, -0.25) is 4.79 Å². The molecular formula is C17H19NO3S. The molecule has 1 unspecified atom stereocenters. The van der Waals surface area contributed by atoms with Crippen LogP contribution >= 0.6 is 11.8 Å². The van der Waals surface area contributed by atoms with E-state index in [0.717, 1.165) is 11.3 Å². The van der Waals surface area contributed by atoms with Crippen LogP contribution < -0.4 is 5.32 Å². The fourth-order valence-electron chi connectivity index (χ4n) is 1.94. The van der Waals surface area contributed by atoms with E-state index in [1.165, 1.54) is 17.8 Å². The molecule has 0 saturated carbocycles. The molecule has 0 aliphatic carbocycles. The highest BCUT2D eigenvalue weighted by Crippen LogP contribution is 2.13. The molecule has 0 aliphatic rings. The van der Waals surface area contributed by atoms with E-state index in [2.05, 4.69) is 5.32 Å². The van der Waals surface area contributed by atoms with Crippen molar-refractivity contribution >= 4 is 17.7 Å². The quantitative estimate of drug-likeness (QED) is 0.735. The molecule has 1 aromatic carbocycles. The van der Waals surface area contributed by atoms with Crippen molar-refractivity contribution in [1.82, 2.24) is 5.32 Å². The third-order valence-electron chi connectivity index (χ3n) is 3.01. The molecule has 0 fully saturated rings. The van der Waals surface area contributed by atoms with Gasteiger partial charge in [0.05, 0.1) is 24.7 Å². The number of rotatable bonds is 8. The van der Waals surface area contributed by atoms with Crippen LogP contribution in [0.15, 0.2) is 64.6 Å². The van der Waals surface area contributed by atoms with Crippen molar-refractivity contribution in [3.63, 3.8) is 0 Å². The van der Waals surface area contributed by atoms with E-state index in [1.807, 2.05) is 42.5 Å². The number of nitrogens with one attached hydrogen (secondary N) is 1. The van der Waals surface area contributed by atoms with Crippen molar-refractivity contribution in [2.45, 2.75) is 18.2 Å². The summed E-state index contributed by atoms with van der Waals surface area (Å²) in [6, 6.07) is 13.2. The highest BCUT2D eigenvalue weighted by Gasteiger charge is 2.10. The zero-order chi connectivity index (χ0) is 15.6. The largest absolute Gasteiger partial charge is 0.468 e. The molecule has 2 rings (SSSR count). The van der Waals surface area contributed by atoms with Crippen LogP contribution in [0, 0.1) is 0 Å². The summed E-state index contributed by atoms with van der Waals surface area (Å²) in [7, 11) is 0. The van der Waals surface area contributed by atoms with E-state index >= 15 is 0 Å². The average Bonchev–Trinajstić information content (AvgIpc) is 3.05. The van der Waals surface area contributed by atoms with Gasteiger partial charge in [0.2, 0.25) is 5.91 Å². The van der Waals surface area contributed by atoms with Crippen molar-refractivity contribution in [1.29, 1.82) is 0 Å². The van der Waals surface area contributed by atoms with E-state index in [1.54, 1.807) is 11.7 Å². The molecule has 0 saturated heterocycles. The summed E-state index contributed by atoms with van der Waals surface area (Å²) in [5, 5.41) is 13.9. The fraction of sp³-hybridized carbons (Fsp3) is 0.235. The number of benzene rings is 1. The van der Waals surface area contributed by atoms with Crippen molar-refractivity contribution < 1.29 is 14.3 Å². The van der Waals surface area contributed by atoms with Crippen molar-refractivity contribution in [3.05, 3.63) is 71.5 Å². The summed E-state index contributed by atoms with van der Waals surface area (Å²) in [6.45, 7) is -0.0893. The van der Waals surface area contributed by atoms with Gasteiger partial charge in [-0.15, -0.1) is 11.8 Å². The predicted octanol–water partition coefficient (Wildman–Crippen LogP) is 2.75. The van der Waals surface area contributed by atoms with Crippen molar-refractivity contribution in [2.75, 3.05) is 6.61 Å². The topological polar surface area (TPSA) is 62.5 Å². The summed E-state index contributed by atoms with van der Waals surface area (Å²) in [5.41, 5.74) is 1.08. The van der Waals surface area contributed by atoms with Crippen LogP contribution in [0.25, 0.3) is 0 Å². The second-order valence-corrected chi connectivity index (χ2v) is 5.67. The summed E-state index contributed by atoms with van der Waals surface area (Å²) in [4.78, 5) is 11.8. The number of amides is 1. The molecule has 22 heavy (non-hydrogen) atoms. The van der Waals surface area contributed by atoms with Crippen LogP contribution in [-0.4, -0.2) is 23.7 Å². The first-order valence-corrected chi connectivity index (χ1v) is 8.08. The van der Waals surface area contributed by atoms with Gasteiger partial charge < -0.3 is 14.8 Å². The lowest BCUT2D eigenvalue weighted by Gasteiger charge is -2.15. The molecule has 0 bridgehead atoms. The minimum absolute atomic E-state index is 0.0893. The Bertz CT molecular complexity index is 581. The lowest BCUT2D eigenvalue weighted by atomic mass is 10.1. The lowest BCUT2D eigenvalue weighted by Crippen LogP contribution is -2.38. The van der Waals surface area contributed by atoms with Crippen LogP contribution in [-0.2, 0) is 17.0 Å². The Kier molecular flexibility index (Phi) is 6.80. The first-order chi connectivity index (χ1) is 10.8. The fourth-order valence-corrected chi connectivity index (χ4v) is 2.59. The van der Waals surface area contributed by atoms with Crippen LogP contribution in [0.4, 0.5) is 0 Å². The van der Waals surface area contributed by atoms with Crippen LogP contribution in [0.1, 0.15) is 11.3 Å². The van der Waals surface area contributed by atoms with Gasteiger partial charge in [0.15, 0.2) is 0 Å². The van der Waals surface area contributed by atoms with Crippen LogP contribution in [0.3, 0.4) is 0 Å². The van der Waals surface area contributed by atoms with E-state index in [9.17, 15) is 9.90 Å². The Balaban J connectivity index is 1.74. The van der Waals surface area contributed by atoms with Gasteiger partial charge in [-0.05, 0) is 29.5 Å². The van der Waals surface area contributed by atoms with Crippen LogP contribution in [0.2, 0.25) is 0 Å². The molecule has 116 valence electrons. The Morgan fingerprint density at radius 2 is 2.09 bits per heavy atom. The molecule has 0 spiro atoms. The van der Waals surface area contributed by atoms with Gasteiger partial charge in [-0.25, -0.2) is 0 Å². The molecule has 1 aromatic heterocycles. The molecule has 1 atom stereocenters. The molecule has 1 heterocycles. The highest BCUT2D eigenvalue weighted by atomic mass is 32.2. The molecule has 2 aromatic rings. The second kappa shape index (κ2) is 9.12. The molecule has 0 aliphatic heterocycles. The minimum atomic E-state index is -0.283. The maximum absolute atomic E-state index is 11.8. The molecule has 0 radical (unpaired) electrons.